The van der Waals surface area contributed by atoms with Crippen molar-refractivity contribution in [2.45, 2.75) is 6.42 Å². The van der Waals surface area contributed by atoms with E-state index in [0.717, 1.165) is 17.3 Å². The number of ether oxygens (including phenoxy) is 2. The molecule has 0 amide bonds. The predicted octanol–water partition coefficient (Wildman–Crippen LogP) is 3.26. The van der Waals surface area contributed by atoms with Gasteiger partial charge in [0.15, 0.2) is 12.6 Å². The lowest BCUT2D eigenvalue weighted by molar-refractivity contribution is 0.0453. The van der Waals surface area contributed by atoms with E-state index in [1.54, 1.807) is 13.2 Å². The van der Waals surface area contributed by atoms with Gasteiger partial charge in [-0.3, -0.25) is 0 Å². The summed E-state index contributed by atoms with van der Waals surface area (Å²) in [4.78, 5) is 0. The summed E-state index contributed by atoms with van der Waals surface area (Å²) in [5, 5.41) is 4.77. The fourth-order valence-corrected chi connectivity index (χ4v) is 1.98. The Hall–Kier alpha value is -1.33. The highest BCUT2D eigenvalue weighted by Gasteiger charge is 2.07. The first-order chi connectivity index (χ1) is 8.83. The fraction of sp³-hybridized carbons (Fsp3) is 0.308. The zero-order valence-corrected chi connectivity index (χ0v) is 11.6. The van der Waals surface area contributed by atoms with Crippen molar-refractivity contribution in [2.24, 2.45) is 0 Å². The molecule has 0 N–H and O–H groups in total. The van der Waals surface area contributed by atoms with Crippen LogP contribution < -0.4 is 4.74 Å². The SMILES string of the molecule is COCOc1cc(-c2ccc(CCBr)cc2)on1. The molecule has 0 fully saturated rings. The van der Waals surface area contributed by atoms with Crippen LogP contribution in [0.2, 0.25) is 0 Å². The second kappa shape index (κ2) is 6.56. The smallest absolute Gasteiger partial charge is 0.256 e. The van der Waals surface area contributed by atoms with Crippen molar-refractivity contribution in [2.75, 3.05) is 19.2 Å². The molecular weight excluding hydrogens is 298 g/mol. The zero-order valence-electron chi connectivity index (χ0n) is 10.1. The molecule has 0 aliphatic rings. The molecule has 1 aromatic heterocycles. The van der Waals surface area contributed by atoms with Gasteiger partial charge in [-0.2, -0.15) is 0 Å². The van der Waals surface area contributed by atoms with Crippen LogP contribution in [0.4, 0.5) is 0 Å². The monoisotopic (exact) mass is 311 g/mol. The number of hydrogen-bond acceptors (Lipinski definition) is 4. The fourth-order valence-electron chi connectivity index (χ4n) is 1.53. The average molecular weight is 312 g/mol. The first-order valence-corrected chi connectivity index (χ1v) is 6.69. The molecule has 1 aromatic carbocycles. The molecule has 0 spiro atoms. The summed E-state index contributed by atoms with van der Waals surface area (Å²) >= 11 is 3.42. The summed E-state index contributed by atoms with van der Waals surface area (Å²) < 4.78 is 15.2. The largest absolute Gasteiger partial charge is 0.448 e. The molecule has 4 nitrogen and oxygen atoms in total. The van der Waals surface area contributed by atoms with Gasteiger partial charge in [0.05, 0.1) is 0 Å². The Morgan fingerprint density at radius 1 is 1.28 bits per heavy atom. The Labute approximate surface area is 114 Å². The van der Waals surface area contributed by atoms with E-state index in [1.807, 2.05) is 12.1 Å². The molecule has 2 rings (SSSR count). The number of aromatic nitrogens is 1. The van der Waals surface area contributed by atoms with Gasteiger partial charge in [-0.05, 0) is 17.1 Å². The van der Waals surface area contributed by atoms with Gasteiger partial charge in [0.2, 0.25) is 0 Å². The Bertz CT molecular complexity index is 481. The Kier molecular flexibility index (Phi) is 4.78. The summed E-state index contributed by atoms with van der Waals surface area (Å²) in [6, 6.07) is 9.93. The number of nitrogens with zero attached hydrogens (tertiary/aromatic N) is 1. The molecule has 2 aromatic rings. The van der Waals surface area contributed by atoms with E-state index in [2.05, 4.69) is 33.2 Å². The summed E-state index contributed by atoms with van der Waals surface area (Å²) in [5.74, 6) is 1.11. The predicted molar refractivity (Wildman–Crippen MR) is 71.9 cm³/mol. The van der Waals surface area contributed by atoms with Crippen LogP contribution in [0.3, 0.4) is 0 Å². The molecule has 18 heavy (non-hydrogen) atoms. The maximum atomic E-state index is 5.21. The van der Waals surface area contributed by atoms with Gasteiger partial charge in [0, 0.05) is 24.1 Å². The van der Waals surface area contributed by atoms with Crippen LogP contribution >= 0.6 is 15.9 Å². The maximum Gasteiger partial charge on any atom is 0.256 e. The van der Waals surface area contributed by atoms with Crippen molar-refractivity contribution in [1.82, 2.24) is 5.16 Å². The summed E-state index contributed by atoms with van der Waals surface area (Å²) in [7, 11) is 1.56. The molecule has 0 radical (unpaired) electrons. The summed E-state index contributed by atoms with van der Waals surface area (Å²) in [5.41, 5.74) is 2.26. The molecule has 1 heterocycles. The van der Waals surface area contributed by atoms with Crippen LogP contribution in [0.15, 0.2) is 34.9 Å². The molecule has 96 valence electrons. The van der Waals surface area contributed by atoms with Gasteiger partial charge in [0.25, 0.3) is 5.88 Å². The number of methoxy groups -OCH3 is 1. The zero-order chi connectivity index (χ0) is 12.8. The van der Waals surface area contributed by atoms with Gasteiger partial charge < -0.3 is 14.0 Å². The highest BCUT2D eigenvalue weighted by Crippen LogP contribution is 2.24. The molecular formula is C13H14BrNO3. The standard InChI is InChI=1S/C13H14BrNO3/c1-16-9-17-13-8-12(18-15-13)11-4-2-10(3-5-11)6-7-14/h2-5,8H,6-7,9H2,1H3. The molecule has 0 bridgehead atoms. The molecule has 0 atom stereocenters. The maximum absolute atomic E-state index is 5.21. The minimum atomic E-state index is 0.163. The third-order valence-corrected chi connectivity index (χ3v) is 2.83. The van der Waals surface area contributed by atoms with Crippen molar-refractivity contribution in [3.63, 3.8) is 0 Å². The quantitative estimate of drug-likeness (QED) is 0.606. The average Bonchev–Trinajstić information content (AvgIpc) is 2.86. The van der Waals surface area contributed by atoms with Crippen LogP contribution in [0.5, 0.6) is 5.88 Å². The number of benzene rings is 1. The Balaban J connectivity index is 2.08. The van der Waals surface area contributed by atoms with E-state index in [1.165, 1.54) is 5.56 Å². The first-order valence-electron chi connectivity index (χ1n) is 5.57. The lowest BCUT2D eigenvalue weighted by Gasteiger charge is -1.99. The van der Waals surface area contributed by atoms with E-state index in [0.29, 0.717) is 11.6 Å². The van der Waals surface area contributed by atoms with Gasteiger partial charge in [-0.1, -0.05) is 40.2 Å². The minimum absolute atomic E-state index is 0.163. The van der Waals surface area contributed by atoms with Crippen LogP contribution in [0.25, 0.3) is 11.3 Å². The van der Waals surface area contributed by atoms with Gasteiger partial charge in [0.1, 0.15) is 0 Å². The van der Waals surface area contributed by atoms with Gasteiger partial charge in [-0.25, -0.2) is 0 Å². The van der Waals surface area contributed by atoms with Crippen LogP contribution in [-0.2, 0) is 11.2 Å². The minimum Gasteiger partial charge on any atom is -0.448 e. The van der Waals surface area contributed by atoms with Gasteiger partial charge >= 0.3 is 0 Å². The lowest BCUT2D eigenvalue weighted by Crippen LogP contribution is -1.98. The number of aryl methyl sites for hydroxylation is 1. The number of hydrogen-bond donors (Lipinski definition) is 0. The highest BCUT2D eigenvalue weighted by atomic mass is 79.9. The number of halogens is 1. The molecule has 0 saturated heterocycles. The van der Waals surface area contributed by atoms with Crippen LogP contribution in [0, 0.1) is 0 Å². The lowest BCUT2D eigenvalue weighted by atomic mass is 10.1. The molecule has 5 heteroatoms. The second-order valence-electron chi connectivity index (χ2n) is 3.72. The molecule has 0 aliphatic heterocycles. The van der Waals surface area contributed by atoms with E-state index in [9.17, 15) is 0 Å². The van der Waals surface area contributed by atoms with Crippen molar-refractivity contribution in [3.8, 4) is 17.2 Å². The molecule has 0 saturated carbocycles. The number of rotatable bonds is 6. The van der Waals surface area contributed by atoms with Crippen LogP contribution in [-0.4, -0.2) is 24.4 Å². The normalized spacial score (nSPS) is 10.6. The summed E-state index contributed by atoms with van der Waals surface area (Å²) in [6.07, 6.45) is 1.01. The van der Waals surface area contributed by atoms with Crippen molar-refractivity contribution < 1.29 is 14.0 Å². The van der Waals surface area contributed by atoms with Crippen molar-refractivity contribution >= 4 is 15.9 Å². The molecule has 0 aliphatic carbocycles. The van der Waals surface area contributed by atoms with E-state index < -0.39 is 0 Å². The first kappa shape index (κ1) is 13.1. The Morgan fingerprint density at radius 3 is 2.72 bits per heavy atom. The molecule has 0 unspecified atom stereocenters. The van der Waals surface area contributed by atoms with E-state index >= 15 is 0 Å². The van der Waals surface area contributed by atoms with Gasteiger partial charge in [-0.15, -0.1) is 0 Å². The number of alkyl halides is 1. The van der Waals surface area contributed by atoms with Crippen molar-refractivity contribution in [1.29, 1.82) is 0 Å². The third-order valence-electron chi connectivity index (χ3n) is 2.43. The van der Waals surface area contributed by atoms with Crippen LogP contribution in [0.1, 0.15) is 5.56 Å². The van der Waals surface area contributed by atoms with Crippen molar-refractivity contribution in [3.05, 3.63) is 35.9 Å². The summed E-state index contributed by atoms with van der Waals surface area (Å²) in [6.45, 7) is 0.163. The third kappa shape index (κ3) is 3.34. The highest BCUT2D eigenvalue weighted by molar-refractivity contribution is 9.09. The van der Waals surface area contributed by atoms with E-state index in [4.69, 9.17) is 14.0 Å². The second-order valence-corrected chi connectivity index (χ2v) is 4.51. The topological polar surface area (TPSA) is 44.5 Å². The van der Waals surface area contributed by atoms with E-state index in [-0.39, 0.29) is 6.79 Å². The Morgan fingerprint density at radius 2 is 2.06 bits per heavy atom.